The first-order valence-electron chi connectivity index (χ1n) is 4.35. The number of hydrogen-bond donors (Lipinski definition) is 2. The molecule has 0 amide bonds. The average Bonchev–Trinajstić information content (AvgIpc) is 2.22. The van der Waals surface area contributed by atoms with Crippen molar-refractivity contribution in [3.8, 4) is 0 Å². The highest BCUT2D eigenvalue weighted by atomic mass is 19.1. The van der Waals surface area contributed by atoms with Crippen molar-refractivity contribution in [1.29, 1.82) is 0 Å². The maximum absolute atomic E-state index is 13.2. The van der Waals surface area contributed by atoms with Crippen LogP contribution >= 0.6 is 0 Å². The Balaban J connectivity index is 2.26. The number of benzene rings is 1. The molecule has 0 bridgehead atoms. The Labute approximate surface area is 86.0 Å². The van der Waals surface area contributed by atoms with Crippen LogP contribution < -0.4 is 11.1 Å². The van der Waals surface area contributed by atoms with E-state index in [1.807, 2.05) is 0 Å². The second-order valence-corrected chi connectivity index (χ2v) is 2.93. The van der Waals surface area contributed by atoms with E-state index in [9.17, 15) is 4.39 Å². The average molecular weight is 204 g/mol. The van der Waals surface area contributed by atoms with E-state index in [1.165, 1.54) is 18.5 Å². The summed E-state index contributed by atoms with van der Waals surface area (Å²) in [5, 5.41) is 2.78. The van der Waals surface area contributed by atoms with E-state index >= 15 is 0 Å². The van der Waals surface area contributed by atoms with Crippen molar-refractivity contribution < 1.29 is 4.39 Å². The number of anilines is 3. The fraction of sp³-hybridized carbons (Fsp3) is 0. The highest BCUT2D eigenvalue weighted by Gasteiger charge is 2.01. The molecule has 2 rings (SSSR count). The molecule has 3 N–H and O–H groups in total. The number of halogens is 1. The van der Waals surface area contributed by atoms with Gasteiger partial charge in [0, 0.05) is 0 Å². The van der Waals surface area contributed by atoms with E-state index in [2.05, 4.69) is 15.3 Å². The van der Waals surface area contributed by atoms with Crippen LogP contribution in [0.3, 0.4) is 0 Å². The Kier molecular flexibility index (Phi) is 2.45. The van der Waals surface area contributed by atoms with Crippen molar-refractivity contribution in [3.05, 3.63) is 42.5 Å². The van der Waals surface area contributed by atoms with Crippen molar-refractivity contribution in [2.75, 3.05) is 11.1 Å². The van der Waals surface area contributed by atoms with Crippen molar-refractivity contribution in [2.24, 2.45) is 0 Å². The van der Waals surface area contributed by atoms with Gasteiger partial charge in [-0.15, -0.1) is 0 Å². The summed E-state index contributed by atoms with van der Waals surface area (Å²) < 4.78 is 13.2. The number of nitrogens with two attached hydrogens (primary N) is 1. The van der Waals surface area contributed by atoms with Gasteiger partial charge < -0.3 is 11.1 Å². The van der Waals surface area contributed by atoms with Crippen LogP contribution in [0.25, 0.3) is 0 Å². The highest BCUT2D eigenvalue weighted by Crippen LogP contribution is 2.17. The second kappa shape index (κ2) is 3.91. The first-order chi connectivity index (χ1) is 7.25. The Morgan fingerprint density at radius 3 is 2.73 bits per heavy atom. The molecule has 0 unspecified atom stereocenters. The van der Waals surface area contributed by atoms with Gasteiger partial charge in [0.1, 0.15) is 11.6 Å². The first kappa shape index (κ1) is 9.39. The topological polar surface area (TPSA) is 63.8 Å². The van der Waals surface area contributed by atoms with Gasteiger partial charge in [-0.25, -0.2) is 9.37 Å². The normalized spacial score (nSPS) is 9.93. The molecule has 4 nitrogen and oxygen atoms in total. The van der Waals surface area contributed by atoms with Crippen molar-refractivity contribution in [2.45, 2.75) is 0 Å². The van der Waals surface area contributed by atoms with Gasteiger partial charge in [-0.05, 0) is 12.1 Å². The Morgan fingerprint density at radius 1 is 1.20 bits per heavy atom. The quantitative estimate of drug-likeness (QED) is 0.784. The molecule has 0 aliphatic rings. The van der Waals surface area contributed by atoms with E-state index in [-0.39, 0.29) is 11.6 Å². The molecule has 0 aliphatic carbocycles. The molecule has 2 aromatic rings. The maximum Gasteiger partial charge on any atom is 0.151 e. The molecule has 1 aromatic carbocycles. The number of nitrogens with one attached hydrogen (secondary N) is 1. The lowest BCUT2D eigenvalue weighted by molar-refractivity contribution is 0.632. The smallest absolute Gasteiger partial charge is 0.151 e. The highest BCUT2D eigenvalue weighted by molar-refractivity contribution is 5.56. The number of para-hydroxylation sites is 1. The summed E-state index contributed by atoms with van der Waals surface area (Å²) in [5.41, 5.74) is 5.79. The summed E-state index contributed by atoms with van der Waals surface area (Å²) in [6.07, 6.45) is 2.90. The van der Waals surface area contributed by atoms with Crippen LogP contribution in [0, 0.1) is 5.82 Å². The summed E-state index contributed by atoms with van der Waals surface area (Å²) in [5.74, 6) is 0.359. The standard InChI is InChI=1S/C10H9FN4/c11-7-3-1-2-4-8(7)14-10-6-13-5-9(12)15-10/h1-6H,(H3,12,14,15). The van der Waals surface area contributed by atoms with Gasteiger partial charge in [-0.3, -0.25) is 4.98 Å². The molecule has 15 heavy (non-hydrogen) atoms. The largest absolute Gasteiger partial charge is 0.382 e. The minimum Gasteiger partial charge on any atom is -0.382 e. The molecule has 0 fully saturated rings. The van der Waals surface area contributed by atoms with Crippen molar-refractivity contribution in [1.82, 2.24) is 9.97 Å². The Morgan fingerprint density at radius 2 is 2.00 bits per heavy atom. The number of nitrogen functional groups attached to an aromatic ring is 1. The van der Waals surface area contributed by atoms with Gasteiger partial charge in [0.15, 0.2) is 5.82 Å². The number of aromatic nitrogens is 2. The summed E-state index contributed by atoms with van der Waals surface area (Å²) in [7, 11) is 0. The van der Waals surface area contributed by atoms with Crippen LogP contribution in [0.15, 0.2) is 36.7 Å². The third-order valence-electron chi connectivity index (χ3n) is 1.79. The van der Waals surface area contributed by atoms with E-state index in [0.29, 0.717) is 11.5 Å². The second-order valence-electron chi connectivity index (χ2n) is 2.93. The summed E-state index contributed by atoms with van der Waals surface area (Å²) in [6.45, 7) is 0. The van der Waals surface area contributed by atoms with E-state index in [0.717, 1.165) is 0 Å². The van der Waals surface area contributed by atoms with Crippen LogP contribution in [-0.4, -0.2) is 9.97 Å². The van der Waals surface area contributed by atoms with Crippen LogP contribution in [0.1, 0.15) is 0 Å². The monoisotopic (exact) mass is 204 g/mol. The number of nitrogens with zero attached hydrogens (tertiary/aromatic N) is 2. The fourth-order valence-electron chi connectivity index (χ4n) is 1.14. The molecule has 5 heteroatoms. The zero-order chi connectivity index (χ0) is 10.7. The predicted octanol–water partition coefficient (Wildman–Crippen LogP) is 1.94. The van der Waals surface area contributed by atoms with Gasteiger partial charge in [-0.2, -0.15) is 0 Å². The van der Waals surface area contributed by atoms with Crippen LogP contribution in [0.5, 0.6) is 0 Å². The van der Waals surface area contributed by atoms with Gasteiger partial charge in [0.25, 0.3) is 0 Å². The SMILES string of the molecule is Nc1cncc(Nc2ccccc2F)n1. The third kappa shape index (κ3) is 2.19. The predicted molar refractivity (Wildman–Crippen MR) is 56.1 cm³/mol. The molecule has 1 heterocycles. The zero-order valence-corrected chi connectivity index (χ0v) is 7.81. The van der Waals surface area contributed by atoms with E-state index in [4.69, 9.17) is 5.73 Å². The lowest BCUT2D eigenvalue weighted by Crippen LogP contribution is -1.99. The molecule has 76 valence electrons. The molecule has 0 saturated carbocycles. The lowest BCUT2D eigenvalue weighted by Gasteiger charge is -2.05. The van der Waals surface area contributed by atoms with E-state index < -0.39 is 0 Å². The van der Waals surface area contributed by atoms with Gasteiger partial charge >= 0.3 is 0 Å². The van der Waals surface area contributed by atoms with Crippen LogP contribution in [-0.2, 0) is 0 Å². The number of hydrogen-bond acceptors (Lipinski definition) is 4. The van der Waals surface area contributed by atoms with Gasteiger partial charge in [-0.1, -0.05) is 12.1 Å². The van der Waals surface area contributed by atoms with Crippen molar-refractivity contribution in [3.63, 3.8) is 0 Å². The zero-order valence-electron chi connectivity index (χ0n) is 7.81. The third-order valence-corrected chi connectivity index (χ3v) is 1.79. The lowest BCUT2D eigenvalue weighted by atomic mass is 10.3. The van der Waals surface area contributed by atoms with Crippen molar-refractivity contribution >= 4 is 17.3 Å². The molecule has 0 saturated heterocycles. The Hall–Kier alpha value is -2.17. The summed E-state index contributed by atoms with van der Waals surface area (Å²) in [4.78, 5) is 7.78. The molecule has 1 aromatic heterocycles. The number of rotatable bonds is 2. The maximum atomic E-state index is 13.2. The summed E-state index contributed by atoms with van der Waals surface area (Å²) >= 11 is 0. The van der Waals surface area contributed by atoms with Gasteiger partial charge in [0.2, 0.25) is 0 Å². The molecular weight excluding hydrogens is 195 g/mol. The van der Waals surface area contributed by atoms with E-state index in [1.54, 1.807) is 18.2 Å². The van der Waals surface area contributed by atoms with Gasteiger partial charge in [0.05, 0.1) is 18.1 Å². The van der Waals surface area contributed by atoms with Crippen LogP contribution in [0.2, 0.25) is 0 Å². The molecule has 0 aliphatic heterocycles. The first-order valence-corrected chi connectivity index (χ1v) is 4.35. The van der Waals surface area contributed by atoms with Crippen LogP contribution in [0.4, 0.5) is 21.7 Å². The summed E-state index contributed by atoms with van der Waals surface area (Å²) in [6, 6.07) is 6.32. The minimum atomic E-state index is -0.346. The molecule has 0 atom stereocenters. The fourth-order valence-corrected chi connectivity index (χ4v) is 1.14. The molecule has 0 spiro atoms. The Bertz CT molecular complexity index is 472. The minimum absolute atomic E-state index is 0.288. The molecule has 0 radical (unpaired) electrons. The molecular formula is C10H9FN4.